The maximum Gasteiger partial charge on any atom is 0.255 e. The lowest BCUT2D eigenvalue weighted by Crippen LogP contribution is -2.31. The number of amides is 1. The second kappa shape index (κ2) is 6.18. The van der Waals surface area contributed by atoms with Gasteiger partial charge in [-0.3, -0.25) is 4.79 Å². The molecule has 0 aliphatic carbocycles. The molecule has 0 unspecified atom stereocenters. The largest absolute Gasteiger partial charge is 0.341 e. The monoisotopic (exact) mass is 306 g/mol. The van der Waals surface area contributed by atoms with Gasteiger partial charge in [-0.1, -0.05) is 11.6 Å². The molecule has 3 N–H and O–H groups in total. The number of halogens is 1. The van der Waals surface area contributed by atoms with Crippen LogP contribution in [0.2, 0.25) is 5.02 Å². The normalized spacial score (nSPS) is 11.2. The van der Waals surface area contributed by atoms with Gasteiger partial charge in [-0.25, -0.2) is 19.2 Å². The van der Waals surface area contributed by atoms with Gasteiger partial charge in [0.25, 0.3) is 5.91 Å². The van der Waals surface area contributed by atoms with Gasteiger partial charge in [0.05, 0.1) is 16.3 Å². The van der Waals surface area contributed by atoms with Crippen molar-refractivity contribution in [2.75, 3.05) is 31.0 Å². The third-order valence-corrected chi connectivity index (χ3v) is 3.58. The first-order valence-electron chi connectivity index (χ1n) is 5.30. The van der Waals surface area contributed by atoms with E-state index < -0.39 is 9.84 Å². The van der Waals surface area contributed by atoms with E-state index in [-0.39, 0.29) is 34.6 Å². The molecule has 0 aliphatic rings. The molecule has 0 aliphatic heterocycles. The van der Waals surface area contributed by atoms with E-state index in [1.54, 1.807) is 0 Å². The number of hydrazine groups is 1. The fraction of sp³-hybridized carbons (Fsp3) is 0.400. The van der Waals surface area contributed by atoms with Gasteiger partial charge in [0.1, 0.15) is 9.84 Å². The summed E-state index contributed by atoms with van der Waals surface area (Å²) in [6, 6.07) is 1.42. The molecule has 1 aromatic rings. The van der Waals surface area contributed by atoms with Crippen molar-refractivity contribution in [2.45, 2.75) is 0 Å². The zero-order valence-electron chi connectivity index (χ0n) is 10.6. The summed E-state index contributed by atoms with van der Waals surface area (Å²) >= 11 is 5.86. The lowest BCUT2D eigenvalue weighted by atomic mass is 10.2. The van der Waals surface area contributed by atoms with Crippen molar-refractivity contribution in [3.8, 4) is 0 Å². The van der Waals surface area contributed by atoms with Gasteiger partial charge >= 0.3 is 0 Å². The predicted molar refractivity (Wildman–Crippen MR) is 73.7 cm³/mol. The van der Waals surface area contributed by atoms with Crippen molar-refractivity contribution in [1.29, 1.82) is 0 Å². The molecular weight excluding hydrogens is 292 g/mol. The number of anilines is 1. The molecule has 7 nitrogen and oxygen atoms in total. The summed E-state index contributed by atoms with van der Waals surface area (Å²) in [7, 11) is -1.61. The summed E-state index contributed by atoms with van der Waals surface area (Å²) < 4.78 is 22.1. The number of hydrogen-bond acceptors (Lipinski definition) is 6. The van der Waals surface area contributed by atoms with Crippen LogP contribution < -0.4 is 11.3 Å². The van der Waals surface area contributed by atoms with Crippen LogP contribution in [-0.2, 0) is 9.84 Å². The number of nitrogen functional groups attached to an aromatic ring is 1. The summed E-state index contributed by atoms with van der Waals surface area (Å²) in [5.74, 6) is 4.98. The van der Waals surface area contributed by atoms with Crippen molar-refractivity contribution < 1.29 is 13.2 Å². The highest BCUT2D eigenvalue weighted by atomic mass is 35.5. The molecule has 0 bridgehead atoms. The van der Waals surface area contributed by atoms with E-state index in [2.05, 4.69) is 10.4 Å². The second-order valence-corrected chi connectivity index (χ2v) is 6.72. The van der Waals surface area contributed by atoms with Crippen molar-refractivity contribution in [1.82, 2.24) is 9.88 Å². The molecule has 1 rings (SSSR count). The Morgan fingerprint density at radius 1 is 1.58 bits per heavy atom. The molecule has 0 fully saturated rings. The SMILES string of the molecule is CN(CCS(C)(=O)=O)C(=O)c1cnc(NN)c(Cl)c1. The highest BCUT2D eigenvalue weighted by Gasteiger charge is 2.15. The molecule has 0 radical (unpaired) electrons. The van der Waals surface area contributed by atoms with Gasteiger partial charge in [0.15, 0.2) is 5.82 Å². The van der Waals surface area contributed by atoms with E-state index >= 15 is 0 Å². The fourth-order valence-corrected chi connectivity index (χ4v) is 2.11. The highest BCUT2D eigenvalue weighted by Crippen LogP contribution is 2.19. The maximum atomic E-state index is 12.0. The van der Waals surface area contributed by atoms with Crippen molar-refractivity contribution in [3.63, 3.8) is 0 Å². The van der Waals surface area contributed by atoms with Crippen LogP contribution in [0.25, 0.3) is 0 Å². The van der Waals surface area contributed by atoms with Gasteiger partial charge in [0, 0.05) is 26.0 Å². The second-order valence-electron chi connectivity index (χ2n) is 4.06. The number of carbonyl (C=O) groups is 1. The minimum absolute atomic E-state index is 0.0984. The summed E-state index contributed by atoms with van der Waals surface area (Å²) in [5, 5.41) is 0.213. The van der Waals surface area contributed by atoms with E-state index in [0.717, 1.165) is 6.26 Å². The first kappa shape index (κ1) is 15.7. The molecule has 106 valence electrons. The maximum absolute atomic E-state index is 12.0. The quantitative estimate of drug-likeness (QED) is 0.592. The van der Waals surface area contributed by atoms with Gasteiger partial charge in [-0.15, -0.1) is 0 Å². The number of hydrogen-bond donors (Lipinski definition) is 2. The molecule has 1 aromatic heterocycles. The van der Waals surface area contributed by atoms with Crippen LogP contribution in [0.4, 0.5) is 5.82 Å². The smallest absolute Gasteiger partial charge is 0.255 e. The molecule has 0 saturated heterocycles. The number of nitrogens with two attached hydrogens (primary N) is 1. The Kier molecular flexibility index (Phi) is 5.10. The zero-order chi connectivity index (χ0) is 14.6. The number of sulfone groups is 1. The molecule has 1 amide bonds. The van der Waals surface area contributed by atoms with Gasteiger partial charge in [-0.05, 0) is 6.07 Å². The summed E-state index contributed by atoms with van der Waals surface area (Å²) in [4.78, 5) is 17.2. The van der Waals surface area contributed by atoms with Crippen LogP contribution in [-0.4, -0.2) is 49.8 Å². The van der Waals surface area contributed by atoms with E-state index in [1.807, 2.05) is 0 Å². The Hall–Kier alpha value is -1.38. The summed E-state index contributed by atoms with van der Waals surface area (Å²) in [5.41, 5.74) is 2.55. The first-order valence-corrected chi connectivity index (χ1v) is 7.74. The van der Waals surface area contributed by atoms with Crippen LogP contribution in [0.15, 0.2) is 12.3 Å². The average molecular weight is 307 g/mol. The Labute approximate surface area is 116 Å². The molecule has 19 heavy (non-hydrogen) atoms. The Morgan fingerprint density at radius 2 is 2.21 bits per heavy atom. The average Bonchev–Trinajstić information content (AvgIpc) is 2.34. The fourth-order valence-electron chi connectivity index (χ4n) is 1.29. The molecule has 0 aromatic carbocycles. The topological polar surface area (TPSA) is 105 Å². The number of pyridine rings is 1. The molecule has 0 saturated carbocycles. The number of aromatic nitrogens is 1. The molecular formula is C10H15ClN4O3S. The van der Waals surface area contributed by atoms with Gasteiger partial charge < -0.3 is 10.3 Å². The minimum Gasteiger partial charge on any atom is -0.341 e. The predicted octanol–water partition coefficient (Wildman–Crippen LogP) is 0.137. The van der Waals surface area contributed by atoms with Crippen LogP contribution in [0.5, 0.6) is 0 Å². The van der Waals surface area contributed by atoms with Crippen LogP contribution in [0.3, 0.4) is 0 Å². The third-order valence-electron chi connectivity index (χ3n) is 2.37. The highest BCUT2D eigenvalue weighted by molar-refractivity contribution is 7.90. The standard InChI is InChI=1S/C10H15ClN4O3S/c1-15(3-4-19(2,17)18)10(16)7-5-8(11)9(14-12)13-6-7/h5-6H,3-4,12H2,1-2H3,(H,13,14). The molecule has 9 heteroatoms. The number of rotatable bonds is 5. The van der Waals surface area contributed by atoms with E-state index in [9.17, 15) is 13.2 Å². The number of nitrogens with zero attached hydrogens (tertiary/aromatic N) is 2. The Bertz CT molecular complexity index is 576. The molecule has 1 heterocycles. The van der Waals surface area contributed by atoms with Gasteiger partial charge in [-0.2, -0.15) is 0 Å². The molecule has 0 atom stereocenters. The van der Waals surface area contributed by atoms with E-state index in [1.165, 1.54) is 24.2 Å². The number of carbonyl (C=O) groups excluding carboxylic acids is 1. The van der Waals surface area contributed by atoms with Crippen LogP contribution in [0.1, 0.15) is 10.4 Å². The lowest BCUT2D eigenvalue weighted by molar-refractivity contribution is 0.0803. The lowest BCUT2D eigenvalue weighted by Gasteiger charge is -2.16. The zero-order valence-corrected chi connectivity index (χ0v) is 12.1. The Balaban J connectivity index is 2.80. The Morgan fingerprint density at radius 3 is 2.68 bits per heavy atom. The first-order chi connectivity index (χ1) is 8.74. The van der Waals surface area contributed by atoms with Crippen molar-refractivity contribution in [2.24, 2.45) is 5.84 Å². The van der Waals surface area contributed by atoms with E-state index in [4.69, 9.17) is 17.4 Å². The van der Waals surface area contributed by atoms with Crippen LogP contribution in [0, 0.1) is 0 Å². The van der Waals surface area contributed by atoms with Crippen molar-refractivity contribution >= 4 is 33.2 Å². The summed E-state index contributed by atoms with van der Waals surface area (Å²) in [6.07, 6.45) is 2.44. The van der Waals surface area contributed by atoms with Gasteiger partial charge in [0.2, 0.25) is 0 Å². The third kappa shape index (κ3) is 4.66. The number of nitrogens with one attached hydrogen (secondary N) is 1. The van der Waals surface area contributed by atoms with E-state index in [0.29, 0.717) is 0 Å². The summed E-state index contributed by atoms with van der Waals surface area (Å²) in [6.45, 7) is 0.103. The molecule has 0 spiro atoms. The van der Waals surface area contributed by atoms with Crippen molar-refractivity contribution in [3.05, 3.63) is 22.8 Å². The van der Waals surface area contributed by atoms with Crippen LogP contribution >= 0.6 is 11.6 Å². The minimum atomic E-state index is -3.12.